The average molecular weight is 365 g/mol. The van der Waals surface area contributed by atoms with E-state index in [1.165, 1.54) is 4.90 Å². The Morgan fingerprint density at radius 1 is 1.50 bits per heavy atom. The highest BCUT2D eigenvalue weighted by atomic mass is 79.9. The normalized spacial score (nSPS) is 18.4. The summed E-state index contributed by atoms with van der Waals surface area (Å²) < 4.78 is 0.950. The van der Waals surface area contributed by atoms with Crippen LogP contribution in [0.2, 0.25) is 0 Å². The Hall–Kier alpha value is -2.02. The van der Waals surface area contributed by atoms with Crippen molar-refractivity contribution in [2.24, 2.45) is 0 Å². The van der Waals surface area contributed by atoms with Gasteiger partial charge in [-0.3, -0.25) is 4.98 Å². The van der Waals surface area contributed by atoms with Crippen LogP contribution in [0.3, 0.4) is 0 Å². The van der Waals surface area contributed by atoms with E-state index in [1.54, 1.807) is 6.20 Å². The number of anilines is 2. The molecular weight excluding hydrogens is 348 g/mol. The van der Waals surface area contributed by atoms with E-state index in [-0.39, 0.29) is 6.04 Å². The number of fused-ring (bicyclic) bond motifs is 1. The molecule has 2 heterocycles. The van der Waals surface area contributed by atoms with Crippen LogP contribution in [0.4, 0.5) is 16.2 Å². The third kappa shape index (κ3) is 2.94. The fourth-order valence-electron chi connectivity index (χ4n) is 2.81. The van der Waals surface area contributed by atoms with Crippen LogP contribution >= 0.6 is 15.9 Å². The van der Waals surface area contributed by atoms with Gasteiger partial charge in [0.2, 0.25) is 0 Å². The minimum absolute atomic E-state index is 0.0525. The number of hydrogen-bond donors (Lipinski definition) is 3. The number of halogens is 1. The second kappa shape index (κ2) is 6.00. The number of nitrogens with zero attached hydrogens (tertiary/aromatic N) is 2. The molecule has 1 aromatic heterocycles. The number of aromatic nitrogens is 1. The lowest BCUT2D eigenvalue weighted by atomic mass is 10.0. The second-order valence-corrected chi connectivity index (χ2v) is 6.38. The van der Waals surface area contributed by atoms with E-state index in [4.69, 9.17) is 10.8 Å². The molecule has 1 aliphatic rings. The first kappa shape index (κ1) is 14.9. The topological polar surface area (TPSA) is 91.5 Å². The molecule has 1 amide bonds. The Bertz CT molecular complexity index is 717. The van der Waals surface area contributed by atoms with Crippen molar-refractivity contribution in [3.8, 4) is 0 Å². The molecule has 1 unspecified atom stereocenters. The van der Waals surface area contributed by atoms with Gasteiger partial charge in [0.05, 0.1) is 23.1 Å². The Labute approximate surface area is 136 Å². The van der Waals surface area contributed by atoms with E-state index >= 15 is 0 Å². The second-order valence-electron chi connectivity index (χ2n) is 5.46. The Balaban J connectivity index is 1.91. The summed E-state index contributed by atoms with van der Waals surface area (Å²) >= 11 is 3.46. The third-order valence-corrected chi connectivity index (χ3v) is 4.39. The first-order chi connectivity index (χ1) is 10.5. The summed E-state index contributed by atoms with van der Waals surface area (Å²) in [5.74, 6) is 0. The van der Waals surface area contributed by atoms with E-state index in [0.717, 1.165) is 33.9 Å². The van der Waals surface area contributed by atoms with E-state index < -0.39 is 6.09 Å². The van der Waals surface area contributed by atoms with E-state index in [9.17, 15) is 4.79 Å². The first-order valence-corrected chi connectivity index (χ1v) is 7.92. The van der Waals surface area contributed by atoms with Gasteiger partial charge in [-0.2, -0.15) is 0 Å². The maximum Gasteiger partial charge on any atom is 0.407 e. The number of piperidine rings is 1. The summed E-state index contributed by atoms with van der Waals surface area (Å²) in [6, 6.07) is 5.88. The number of hydrogen-bond acceptors (Lipinski definition) is 4. The molecule has 0 bridgehead atoms. The quantitative estimate of drug-likeness (QED) is 0.761. The smallest absolute Gasteiger partial charge is 0.407 e. The third-order valence-electron chi connectivity index (χ3n) is 3.90. The summed E-state index contributed by atoms with van der Waals surface area (Å²) in [6.07, 6.45) is 2.52. The molecule has 2 aromatic rings. The number of nitrogen functional groups attached to an aromatic ring is 1. The van der Waals surface area contributed by atoms with Crippen molar-refractivity contribution < 1.29 is 9.90 Å². The van der Waals surface area contributed by atoms with Crippen molar-refractivity contribution in [1.29, 1.82) is 0 Å². The van der Waals surface area contributed by atoms with Crippen LogP contribution in [0, 0.1) is 0 Å². The average Bonchev–Trinajstić information content (AvgIpc) is 2.50. The van der Waals surface area contributed by atoms with Crippen LogP contribution in [0.25, 0.3) is 10.9 Å². The molecular formula is C15H17BrN4O2. The molecule has 22 heavy (non-hydrogen) atoms. The number of nitrogens with one attached hydrogen (secondary N) is 1. The zero-order chi connectivity index (χ0) is 15.7. The summed E-state index contributed by atoms with van der Waals surface area (Å²) in [5, 5.41) is 13.5. The van der Waals surface area contributed by atoms with Crippen LogP contribution < -0.4 is 11.1 Å². The van der Waals surface area contributed by atoms with E-state index in [0.29, 0.717) is 18.8 Å². The van der Waals surface area contributed by atoms with Gasteiger partial charge in [-0.1, -0.05) is 15.9 Å². The highest BCUT2D eigenvalue weighted by Crippen LogP contribution is 2.31. The van der Waals surface area contributed by atoms with Gasteiger partial charge in [-0.25, -0.2) is 4.79 Å². The monoisotopic (exact) mass is 364 g/mol. The van der Waals surface area contributed by atoms with Crippen molar-refractivity contribution >= 4 is 44.3 Å². The predicted molar refractivity (Wildman–Crippen MR) is 90.1 cm³/mol. The molecule has 7 heteroatoms. The molecule has 0 aliphatic carbocycles. The van der Waals surface area contributed by atoms with Gasteiger partial charge in [-0.15, -0.1) is 0 Å². The van der Waals surface area contributed by atoms with Crippen molar-refractivity contribution in [2.75, 3.05) is 24.1 Å². The van der Waals surface area contributed by atoms with Gasteiger partial charge in [0.1, 0.15) is 0 Å². The molecule has 1 aliphatic heterocycles. The number of rotatable bonds is 2. The predicted octanol–water partition coefficient (Wildman–Crippen LogP) is 3.13. The van der Waals surface area contributed by atoms with Gasteiger partial charge in [0.25, 0.3) is 0 Å². The molecule has 116 valence electrons. The van der Waals surface area contributed by atoms with Crippen molar-refractivity contribution in [2.45, 2.75) is 18.9 Å². The van der Waals surface area contributed by atoms with Crippen LogP contribution in [0.1, 0.15) is 12.8 Å². The first-order valence-electron chi connectivity index (χ1n) is 7.13. The highest BCUT2D eigenvalue weighted by Gasteiger charge is 2.24. The Morgan fingerprint density at radius 2 is 2.32 bits per heavy atom. The molecule has 4 N–H and O–H groups in total. The number of benzene rings is 1. The number of carbonyl (C=O) groups is 1. The molecule has 1 fully saturated rings. The minimum atomic E-state index is -0.873. The molecule has 6 nitrogen and oxygen atoms in total. The Morgan fingerprint density at radius 3 is 3.09 bits per heavy atom. The van der Waals surface area contributed by atoms with Crippen molar-refractivity contribution in [3.63, 3.8) is 0 Å². The van der Waals surface area contributed by atoms with Gasteiger partial charge in [0, 0.05) is 29.0 Å². The fraction of sp³-hybridized carbons (Fsp3) is 0.333. The fourth-order valence-corrected chi connectivity index (χ4v) is 3.18. The maximum atomic E-state index is 11.1. The van der Waals surface area contributed by atoms with Gasteiger partial charge >= 0.3 is 6.09 Å². The summed E-state index contributed by atoms with van der Waals surface area (Å²) in [6.45, 7) is 1.05. The van der Waals surface area contributed by atoms with E-state index in [1.807, 2.05) is 18.2 Å². The zero-order valence-electron chi connectivity index (χ0n) is 11.9. The molecule has 0 saturated carbocycles. The number of carboxylic acid groups (broad SMARTS) is 1. The van der Waals surface area contributed by atoms with Crippen molar-refractivity contribution in [3.05, 3.63) is 28.9 Å². The minimum Gasteiger partial charge on any atom is -0.465 e. The molecule has 0 radical (unpaired) electrons. The van der Waals surface area contributed by atoms with Crippen LogP contribution in [-0.2, 0) is 0 Å². The van der Waals surface area contributed by atoms with Gasteiger partial charge in [-0.05, 0) is 31.0 Å². The number of likely N-dealkylation sites (tertiary alicyclic amines) is 1. The molecule has 0 spiro atoms. The summed E-state index contributed by atoms with van der Waals surface area (Å²) in [7, 11) is 0. The van der Waals surface area contributed by atoms with E-state index in [2.05, 4.69) is 26.2 Å². The number of nitrogens with two attached hydrogens (primary N) is 1. The van der Waals surface area contributed by atoms with Gasteiger partial charge in [0.15, 0.2) is 0 Å². The van der Waals surface area contributed by atoms with Crippen molar-refractivity contribution in [1.82, 2.24) is 9.88 Å². The molecule has 1 aromatic carbocycles. The zero-order valence-corrected chi connectivity index (χ0v) is 13.5. The molecule has 3 rings (SSSR count). The van der Waals surface area contributed by atoms with Gasteiger partial charge < -0.3 is 21.1 Å². The molecule has 1 saturated heterocycles. The standard InChI is InChI=1S/C15H17BrN4O2/c16-9-3-4-13-11(6-9)14(12(17)7-18-13)19-10-2-1-5-20(8-10)15(21)22/h3-4,6-7,10H,1-2,5,8,17H2,(H,18,19)(H,21,22). The lowest BCUT2D eigenvalue weighted by Crippen LogP contribution is -2.44. The SMILES string of the molecule is Nc1cnc2ccc(Br)cc2c1NC1CCCN(C(=O)O)C1. The highest BCUT2D eigenvalue weighted by molar-refractivity contribution is 9.10. The maximum absolute atomic E-state index is 11.1. The van der Waals surface area contributed by atoms with Crippen LogP contribution in [0.15, 0.2) is 28.9 Å². The lowest BCUT2D eigenvalue weighted by molar-refractivity contribution is 0.133. The number of pyridine rings is 1. The number of amides is 1. The molecule has 1 atom stereocenters. The van der Waals surface area contributed by atoms with Crippen LogP contribution in [-0.4, -0.2) is 40.2 Å². The summed E-state index contributed by atoms with van der Waals surface area (Å²) in [4.78, 5) is 16.9. The largest absolute Gasteiger partial charge is 0.465 e. The summed E-state index contributed by atoms with van der Waals surface area (Å²) in [5.41, 5.74) is 8.32. The van der Waals surface area contributed by atoms with Crippen LogP contribution in [0.5, 0.6) is 0 Å². The lowest BCUT2D eigenvalue weighted by Gasteiger charge is -2.32. The Kier molecular flexibility index (Phi) is 4.06.